The zero-order chi connectivity index (χ0) is 13.4. The summed E-state index contributed by atoms with van der Waals surface area (Å²) in [6.45, 7) is 6.75. The van der Waals surface area contributed by atoms with Crippen LogP contribution in [0.4, 0.5) is 4.79 Å². The van der Waals surface area contributed by atoms with Crippen molar-refractivity contribution in [3.63, 3.8) is 0 Å². The first-order chi connectivity index (χ1) is 8.59. The zero-order valence-corrected chi connectivity index (χ0v) is 11.1. The van der Waals surface area contributed by atoms with E-state index in [-0.39, 0.29) is 31.1 Å². The van der Waals surface area contributed by atoms with Gasteiger partial charge in [0.2, 0.25) is 5.91 Å². The maximum atomic E-state index is 11.4. The second-order valence-corrected chi connectivity index (χ2v) is 4.97. The van der Waals surface area contributed by atoms with E-state index in [9.17, 15) is 9.59 Å². The minimum absolute atomic E-state index is 0.0312. The summed E-state index contributed by atoms with van der Waals surface area (Å²) in [5, 5.41) is 2.15. The molecular weight excluding hydrogens is 258 g/mol. The molecule has 0 radical (unpaired) electrons. The maximum absolute atomic E-state index is 11.4. The highest BCUT2D eigenvalue weighted by Gasteiger charge is 2.19. The fraction of sp³-hybridized carbons (Fsp3) is 0.636. The van der Waals surface area contributed by atoms with Gasteiger partial charge in [0.1, 0.15) is 13.4 Å². The zero-order valence-electron chi connectivity index (χ0n) is 10.3. The Morgan fingerprint density at radius 1 is 1.44 bits per heavy atom. The van der Waals surface area contributed by atoms with E-state index in [1.54, 1.807) is 6.92 Å². The summed E-state index contributed by atoms with van der Waals surface area (Å²) in [6, 6.07) is 0. The molecule has 6 nitrogen and oxygen atoms in total. The molecule has 1 amide bonds. The van der Waals surface area contributed by atoms with Crippen LogP contribution in [0, 0.1) is 0 Å². The number of rotatable bonds is 5. The molecule has 1 fully saturated rings. The smallest absolute Gasteiger partial charge is 0.367 e. The molecule has 1 N–H and O–H groups in total. The Labute approximate surface area is 110 Å². The Bertz CT molecular complexity index is 315. The molecule has 1 saturated heterocycles. The lowest BCUT2D eigenvalue weighted by molar-refractivity contribution is -0.117. The molecular formula is C11H17NO5S. The van der Waals surface area contributed by atoms with Crippen LogP contribution in [0.3, 0.4) is 0 Å². The number of nitrogens with one attached hydrogen (secondary N) is 1. The summed E-state index contributed by atoms with van der Waals surface area (Å²) in [5.74, 6) is -0.243. The molecule has 102 valence electrons. The molecule has 1 rings (SSSR count). The van der Waals surface area contributed by atoms with Gasteiger partial charge in [0, 0.05) is 5.57 Å². The van der Waals surface area contributed by atoms with Gasteiger partial charge in [-0.2, -0.15) is 0 Å². The monoisotopic (exact) mass is 275 g/mol. The second-order valence-electron chi connectivity index (χ2n) is 3.73. The number of ether oxygens (including phenoxy) is 3. The summed E-state index contributed by atoms with van der Waals surface area (Å²) in [5.41, 5.74) is 0.423. The third-order valence-electron chi connectivity index (χ3n) is 2.03. The molecule has 0 unspecified atom stereocenters. The van der Waals surface area contributed by atoms with Crippen LogP contribution in [0.1, 0.15) is 6.92 Å². The maximum Gasteiger partial charge on any atom is 0.367 e. The standard InChI is InChI=1S/C11H17NO5S/c1-8(2)10(13)12-3-4-17-11(14)18-9-5-15-7-16-6-9/h9H,1,3-7H2,2H3,(H,12,13). The van der Waals surface area contributed by atoms with Gasteiger partial charge in [-0.25, -0.2) is 4.79 Å². The number of hydrogen-bond donors (Lipinski definition) is 1. The van der Waals surface area contributed by atoms with E-state index in [0.717, 1.165) is 11.8 Å². The largest absolute Gasteiger partial charge is 0.456 e. The van der Waals surface area contributed by atoms with Gasteiger partial charge in [-0.15, -0.1) is 0 Å². The molecule has 0 aromatic heterocycles. The van der Waals surface area contributed by atoms with Gasteiger partial charge in [-0.05, 0) is 18.7 Å². The molecule has 0 aromatic rings. The second kappa shape index (κ2) is 8.12. The summed E-state index contributed by atoms with van der Waals surface area (Å²) < 4.78 is 15.0. The van der Waals surface area contributed by atoms with E-state index >= 15 is 0 Å². The van der Waals surface area contributed by atoms with Crippen molar-refractivity contribution in [1.82, 2.24) is 5.32 Å². The lowest BCUT2D eigenvalue weighted by Crippen LogP contribution is -2.29. The Kier molecular flexibility index (Phi) is 6.77. The van der Waals surface area contributed by atoms with Crippen molar-refractivity contribution >= 4 is 23.0 Å². The van der Waals surface area contributed by atoms with Crippen molar-refractivity contribution in [2.45, 2.75) is 12.2 Å². The molecule has 0 aromatic carbocycles. The summed E-state index contributed by atoms with van der Waals surface area (Å²) in [7, 11) is 0. The van der Waals surface area contributed by atoms with E-state index < -0.39 is 5.30 Å². The summed E-state index contributed by atoms with van der Waals surface area (Å²) >= 11 is 1.04. The highest BCUT2D eigenvalue weighted by atomic mass is 32.2. The van der Waals surface area contributed by atoms with Gasteiger partial charge < -0.3 is 19.5 Å². The molecule has 0 spiro atoms. The van der Waals surface area contributed by atoms with Crippen LogP contribution in [-0.2, 0) is 19.0 Å². The minimum Gasteiger partial charge on any atom is -0.456 e. The molecule has 1 heterocycles. The highest BCUT2D eigenvalue weighted by Crippen LogP contribution is 2.17. The first kappa shape index (κ1) is 15.0. The summed E-state index contributed by atoms with van der Waals surface area (Å²) in [4.78, 5) is 22.5. The average Bonchev–Trinajstić information content (AvgIpc) is 2.35. The lowest BCUT2D eigenvalue weighted by atomic mass is 10.3. The van der Waals surface area contributed by atoms with E-state index in [1.807, 2.05) is 0 Å². The van der Waals surface area contributed by atoms with Gasteiger partial charge in [0.05, 0.1) is 25.0 Å². The molecule has 1 aliphatic heterocycles. The first-order valence-electron chi connectivity index (χ1n) is 5.52. The first-order valence-corrected chi connectivity index (χ1v) is 6.40. The van der Waals surface area contributed by atoms with Crippen LogP contribution in [0.15, 0.2) is 12.2 Å². The molecule has 0 bridgehead atoms. The quantitative estimate of drug-likeness (QED) is 0.457. The van der Waals surface area contributed by atoms with Crippen molar-refractivity contribution < 1.29 is 23.8 Å². The minimum atomic E-state index is -0.390. The van der Waals surface area contributed by atoms with Gasteiger partial charge in [-0.3, -0.25) is 4.79 Å². The fourth-order valence-electron chi connectivity index (χ4n) is 1.15. The van der Waals surface area contributed by atoms with Crippen LogP contribution in [0.25, 0.3) is 0 Å². The molecule has 7 heteroatoms. The van der Waals surface area contributed by atoms with Crippen molar-refractivity contribution in [2.75, 3.05) is 33.2 Å². The van der Waals surface area contributed by atoms with Gasteiger partial charge >= 0.3 is 5.30 Å². The highest BCUT2D eigenvalue weighted by molar-refractivity contribution is 8.13. The van der Waals surface area contributed by atoms with Crippen molar-refractivity contribution in [2.24, 2.45) is 0 Å². The predicted molar refractivity (Wildman–Crippen MR) is 67.3 cm³/mol. The molecule has 1 aliphatic rings. The van der Waals surface area contributed by atoms with Crippen molar-refractivity contribution in [3.05, 3.63) is 12.2 Å². The normalized spacial score (nSPS) is 16.1. The van der Waals surface area contributed by atoms with Crippen molar-refractivity contribution in [3.8, 4) is 0 Å². The Morgan fingerprint density at radius 2 is 2.11 bits per heavy atom. The van der Waals surface area contributed by atoms with Crippen LogP contribution in [-0.4, -0.2) is 49.6 Å². The predicted octanol–water partition coefficient (Wildman–Crippen LogP) is 0.921. The molecule has 0 aliphatic carbocycles. The number of amides is 1. The number of carbonyl (C=O) groups is 2. The van der Waals surface area contributed by atoms with Gasteiger partial charge in [0.25, 0.3) is 0 Å². The Balaban J connectivity index is 2.06. The topological polar surface area (TPSA) is 73.9 Å². The van der Waals surface area contributed by atoms with Crippen molar-refractivity contribution in [1.29, 1.82) is 0 Å². The van der Waals surface area contributed by atoms with E-state index in [1.165, 1.54) is 0 Å². The Hall–Kier alpha value is -1.05. The number of thioether (sulfide) groups is 1. The number of hydrogen-bond acceptors (Lipinski definition) is 6. The van der Waals surface area contributed by atoms with Gasteiger partial charge in [-0.1, -0.05) is 6.58 Å². The summed E-state index contributed by atoms with van der Waals surface area (Å²) in [6.07, 6.45) is 0. The molecule has 0 saturated carbocycles. The number of carbonyl (C=O) groups excluding carboxylic acids is 2. The van der Waals surface area contributed by atoms with Crippen LogP contribution in [0.5, 0.6) is 0 Å². The third-order valence-corrected chi connectivity index (χ3v) is 2.95. The van der Waals surface area contributed by atoms with E-state index in [2.05, 4.69) is 11.9 Å². The molecule has 0 atom stereocenters. The van der Waals surface area contributed by atoms with E-state index in [4.69, 9.17) is 14.2 Å². The average molecular weight is 275 g/mol. The molecule has 18 heavy (non-hydrogen) atoms. The lowest BCUT2D eigenvalue weighted by Gasteiger charge is -2.20. The third kappa shape index (κ3) is 6.04. The fourth-order valence-corrected chi connectivity index (χ4v) is 1.91. The van der Waals surface area contributed by atoms with Crippen LogP contribution in [0.2, 0.25) is 0 Å². The van der Waals surface area contributed by atoms with E-state index in [0.29, 0.717) is 18.8 Å². The SMILES string of the molecule is C=C(C)C(=O)NCCOC(=O)SC1COCOC1. The van der Waals surface area contributed by atoms with Crippen LogP contribution < -0.4 is 5.32 Å². The Morgan fingerprint density at radius 3 is 2.72 bits per heavy atom. The van der Waals surface area contributed by atoms with Gasteiger partial charge in [0.15, 0.2) is 0 Å². The van der Waals surface area contributed by atoms with Crippen LogP contribution >= 0.6 is 11.8 Å².